The van der Waals surface area contributed by atoms with Gasteiger partial charge in [-0.2, -0.15) is 0 Å². The van der Waals surface area contributed by atoms with Crippen molar-refractivity contribution >= 4 is 5.78 Å². The molecule has 0 radical (unpaired) electrons. The summed E-state index contributed by atoms with van der Waals surface area (Å²) in [4.78, 5) is 12.2. The van der Waals surface area contributed by atoms with E-state index < -0.39 is 0 Å². The summed E-state index contributed by atoms with van der Waals surface area (Å²) in [5.74, 6) is 0.357. The Morgan fingerprint density at radius 3 is 2.70 bits per heavy atom. The number of carbonyl (C=O) groups excluding carboxylic acids is 1. The molecule has 0 aromatic carbocycles. The van der Waals surface area contributed by atoms with Gasteiger partial charge in [0.05, 0.1) is 11.7 Å². The lowest BCUT2D eigenvalue weighted by molar-refractivity contribution is -0.120. The Labute approximate surface area is 123 Å². The third-order valence-electron chi connectivity index (χ3n) is 4.72. The third-order valence-corrected chi connectivity index (χ3v) is 4.72. The predicted molar refractivity (Wildman–Crippen MR) is 82.7 cm³/mol. The Balaban J connectivity index is 2.30. The highest BCUT2D eigenvalue weighted by molar-refractivity contribution is 5.97. The molecule has 1 saturated carbocycles. The van der Waals surface area contributed by atoms with Gasteiger partial charge < -0.3 is 4.74 Å². The topological polar surface area (TPSA) is 26.3 Å². The number of Topliss-reactive ketones (excluding diaryl/α,β-unsaturated/α-hetero) is 1. The maximum atomic E-state index is 12.2. The Kier molecular flexibility index (Phi) is 4.24. The fourth-order valence-electron chi connectivity index (χ4n) is 3.73. The van der Waals surface area contributed by atoms with Crippen LogP contribution in [-0.4, -0.2) is 17.5 Å². The number of hydrogen-bond donors (Lipinski definition) is 0. The van der Waals surface area contributed by atoms with E-state index in [-0.39, 0.29) is 17.1 Å². The summed E-state index contributed by atoms with van der Waals surface area (Å²) in [5, 5.41) is 0. The summed E-state index contributed by atoms with van der Waals surface area (Å²) in [7, 11) is 0. The lowest BCUT2D eigenvalue weighted by Crippen LogP contribution is -2.39. The van der Waals surface area contributed by atoms with Crippen LogP contribution in [0.4, 0.5) is 0 Å². The van der Waals surface area contributed by atoms with Crippen LogP contribution >= 0.6 is 0 Å². The maximum Gasteiger partial charge on any atom is 0.158 e. The SMILES string of the molecule is C=CCCC1=C2CCC(OC(C)(C)C)[C@@]2(C)CCC1=O. The van der Waals surface area contributed by atoms with E-state index in [9.17, 15) is 4.79 Å². The summed E-state index contributed by atoms with van der Waals surface area (Å²) in [6, 6.07) is 0. The van der Waals surface area contributed by atoms with Crippen LogP contribution in [0.2, 0.25) is 0 Å². The van der Waals surface area contributed by atoms with Crippen molar-refractivity contribution in [2.45, 2.75) is 77.9 Å². The van der Waals surface area contributed by atoms with Crippen LogP contribution in [0.3, 0.4) is 0 Å². The molecular formula is C18H28O2. The zero-order chi connectivity index (χ0) is 15.0. The molecule has 0 aromatic rings. The van der Waals surface area contributed by atoms with Crippen molar-refractivity contribution in [2.75, 3.05) is 0 Å². The number of allylic oxidation sites excluding steroid dienone is 2. The molecule has 0 spiro atoms. The van der Waals surface area contributed by atoms with Gasteiger partial charge in [0.1, 0.15) is 0 Å². The Hall–Kier alpha value is -0.890. The lowest BCUT2D eigenvalue weighted by atomic mass is 9.70. The Morgan fingerprint density at radius 1 is 1.40 bits per heavy atom. The first-order valence-corrected chi connectivity index (χ1v) is 7.82. The predicted octanol–water partition coefficient (Wildman–Crippen LogP) is 4.60. The zero-order valence-corrected chi connectivity index (χ0v) is 13.4. The van der Waals surface area contributed by atoms with Crippen molar-refractivity contribution in [1.82, 2.24) is 0 Å². The zero-order valence-electron chi connectivity index (χ0n) is 13.4. The average molecular weight is 276 g/mol. The molecule has 0 saturated heterocycles. The third kappa shape index (κ3) is 2.90. The normalized spacial score (nSPS) is 30.6. The van der Waals surface area contributed by atoms with Gasteiger partial charge in [-0.1, -0.05) is 18.6 Å². The molecule has 2 nitrogen and oxygen atoms in total. The highest BCUT2D eigenvalue weighted by Crippen LogP contribution is 2.53. The molecule has 2 aliphatic rings. The number of rotatable bonds is 4. The summed E-state index contributed by atoms with van der Waals surface area (Å²) in [5.41, 5.74) is 2.41. The van der Waals surface area contributed by atoms with E-state index in [0.717, 1.165) is 37.7 Å². The van der Waals surface area contributed by atoms with E-state index in [1.54, 1.807) is 0 Å². The highest BCUT2D eigenvalue weighted by atomic mass is 16.5. The van der Waals surface area contributed by atoms with E-state index in [4.69, 9.17) is 4.74 Å². The molecule has 0 aromatic heterocycles. The first-order chi connectivity index (χ1) is 9.28. The van der Waals surface area contributed by atoms with E-state index in [1.165, 1.54) is 5.57 Å². The summed E-state index contributed by atoms with van der Waals surface area (Å²) in [6.45, 7) is 12.4. The molecule has 0 bridgehead atoms. The minimum atomic E-state index is -0.119. The molecule has 0 heterocycles. The molecule has 2 heteroatoms. The highest BCUT2D eigenvalue weighted by Gasteiger charge is 2.48. The first-order valence-electron chi connectivity index (χ1n) is 7.82. The molecule has 2 rings (SSSR count). The number of hydrogen-bond acceptors (Lipinski definition) is 2. The second-order valence-corrected chi connectivity index (χ2v) is 7.38. The fourth-order valence-corrected chi connectivity index (χ4v) is 3.73. The molecule has 2 aliphatic carbocycles. The van der Waals surface area contributed by atoms with Gasteiger partial charge in [-0.25, -0.2) is 0 Å². The minimum absolute atomic E-state index is 0.0672. The summed E-state index contributed by atoms with van der Waals surface area (Å²) >= 11 is 0. The van der Waals surface area contributed by atoms with Gasteiger partial charge in [0, 0.05) is 11.8 Å². The van der Waals surface area contributed by atoms with Crippen molar-refractivity contribution < 1.29 is 9.53 Å². The number of ether oxygens (including phenoxy) is 1. The summed E-state index contributed by atoms with van der Waals surface area (Å²) in [6.07, 6.45) is 7.61. The standard InChI is InChI=1S/C18H28O2/c1-6-7-8-13-14-9-10-16(20-17(2,3)4)18(14,5)12-11-15(13)19/h6,16H,1,7-12H2,2-5H3/t16?,18-/m0/s1. The minimum Gasteiger partial charge on any atom is -0.372 e. The van der Waals surface area contributed by atoms with Crippen LogP contribution in [-0.2, 0) is 9.53 Å². The molecule has 1 fully saturated rings. The second-order valence-electron chi connectivity index (χ2n) is 7.38. The molecule has 0 amide bonds. The second kappa shape index (κ2) is 5.48. The van der Waals surface area contributed by atoms with Gasteiger partial charge in [0.15, 0.2) is 5.78 Å². The van der Waals surface area contributed by atoms with E-state index >= 15 is 0 Å². The smallest absolute Gasteiger partial charge is 0.158 e. The van der Waals surface area contributed by atoms with Crippen molar-refractivity contribution in [3.63, 3.8) is 0 Å². The van der Waals surface area contributed by atoms with E-state index in [1.807, 2.05) is 6.08 Å². The molecular weight excluding hydrogens is 248 g/mol. The number of carbonyl (C=O) groups is 1. The number of fused-ring (bicyclic) bond motifs is 1. The van der Waals surface area contributed by atoms with Gasteiger partial charge in [0.25, 0.3) is 0 Å². The first kappa shape index (κ1) is 15.5. The lowest BCUT2D eigenvalue weighted by Gasteiger charge is -2.40. The van der Waals surface area contributed by atoms with Gasteiger partial charge in [-0.15, -0.1) is 6.58 Å². The maximum absolute atomic E-state index is 12.2. The monoisotopic (exact) mass is 276 g/mol. The molecule has 2 atom stereocenters. The number of ketones is 1. The van der Waals surface area contributed by atoms with Crippen LogP contribution < -0.4 is 0 Å². The van der Waals surface area contributed by atoms with Crippen LogP contribution in [0.25, 0.3) is 0 Å². The fraction of sp³-hybridized carbons (Fsp3) is 0.722. The van der Waals surface area contributed by atoms with Gasteiger partial charge in [-0.3, -0.25) is 4.79 Å². The van der Waals surface area contributed by atoms with Gasteiger partial charge >= 0.3 is 0 Å². The van der Waals surface area contributed by atoms with Crippen molar-refractivity contribution in [3.8, 4) is 0 Å². The van der Waals surface area contributed by atoms with E-state index in [0.29, 0.717) is 12.2 Å². The van der Waals surface area contributed by atoms with E-state index in [2.05, 4.69) is 34.3 Å². The van der Waals surface area contributed by atoms with Gasteiger partial charge in [0.2, 0.25) is 0 Å². The average Bonchev–Trinajstić information content (AvgIpc) is 2.65. The quantitative estimate of drug-likeness (QED) is 0.702. The molecule has 1 unspecified atom stereocenters. The van der Waals surface area contributed by atoms with Gasteiger partial charge in [-0.05, 0) is 58.4 Å². The van der Waals surface area contributed by atoms with Crippen LogP contribution in [0.5, 0.6) is 0 Å². The molecule has 20 heavy (non-hydrogen) atoms. The Bertz CT molecular complexity index is 439. The van der Waals surface area contributed by atoms with Crippen molar-refractivity contribution in [3.05, 3.63) is 23.8 Å². The van der Waals surface area contributed by atoms with Crippen molar-refractivity contribution in [2.24, 2.45) is 5.41 Å². The van der Waals surface area contributed by atoms with Crippen molar-refractivity contribution in [1.29, 1.82) is 0 Å². The summed E-state index contributed by atoms with van der Waals surface area (Å²) < 4.78 is 6.29. The Morgan fingerprint density at radius 2 is 2.10 bits per heavy atom. The molecule has 0 N–H and O–H groups in total. The molecule has 0 aliphatic heterocycles. The van der Waals surface area contributed by atoms with Crippen LogP contribution in [0.15, 0.2) is 23.8 Å². The van der Waals surface area contributed by atoms with Crippen LogP contribution in [0, 0.1) is 5.41 Å². The largest absolute Gasteiger partial charge is 0.372 e. The molecule has 112 valence electrons. The van der Waals surface area contributed by atoms with Crippen LogP contribution in [0.1, 0.15) is 66.2 Å².